The minimum atomic E-state index is 0.169. The van der Waals surface area contributed by atoms with Crippen LogP contribution in [-0.4, -0.2) is 5.78 Å². The number of hydrogen-bond acceptors (Lipinski definition) is 1. The third-order valence-corrected chi connectivity index (χ3v) is 4.11. The van der Waals surface area contributed by atoms with Crippen LogP contribution in [0.2, 0.25) is 5.02 Å². The smallest absolute Gasteiger partial charge is 0.162 e. The van der Waals surface area contributed by atoms with Crippen molar-refractivity contribution < 1.29 is 4.79 Å². The van der Waals surface area contributed by atoms with Crippen LogP contribution in [0.5, 0.6) is 0 Å². The molecule has 0 bridgehead atoms. The first-order valence-electron chi connectivity index (χ1n) is 7.85. The molecule has 0 fully saturated rings. The largest absolute Gasteiger partial charge is 0.294 e. The summed E-state index contributed by atoms with van der Waals surface area (Å²) in [5, 5.41) is 0.741. The molecular formula is C20H21ClO. The third-order valence-electron chi connectivity index (χ3n) is 3.80. The van der Waals surface area contributed by atoms with Gasteiger partial charge < -0.3 is 0 Å². The maximum atomic E-state index is 12.4. The highest BCUT2D eigenvalue weighted by Crippen LogP contribution is 2.39. The highest BCUT2D eigenvalue weighted by Gasteiger charge is 2.23. The van der Waals surface area contributed by atoms with Crippen LogP contribution in [0.15, 0.2) is 35.9 Å². The van der Waals surface area contributed by atoms with Gasteiger partial charge in [0.2, 0.25) is 0 Å². The van der Waals surface area contributed by atoms with Crippen LogP contribution in [0.4, 0.5) is 0 Å². The number of carbonyl (C=O) groups excluding carboxylic acids is 1. The summed E-state index contributed by atoms with van der Waals surface area (Å²) in [4.78, 5) is 12.4. The molecule has 0 saturated heterocycles. The average Bonchev–Trinajstić information content (AvgIpc) is 2.95. The Hall–Kier alpha value is -1.78. The van der Waals surface area contributed by atoms with Crippen LogP contribution >= 0.6 is 11.6 Å². The van der Waals surface area contributed by atoms with Crippen molar-refractivity contribution in [3.63, 3.8) is 0 Å². The molecule has 0 amide bonds. The first-order valence-corrected chi connectivity index (χ1v) is 8.23. The molecule has 0 radical (unpaired) electrons. The molecule has 1 aliphatic rings. The molecule has 0 aliphatic heterocycles. The van der Waals surface area contributed by atoms with E-state index >= 15 is 0 Å². The van der Waals surface area contributed by atoms with Gasteiger partial charge in [-0.1, -0.05) is 55.7 Å². The molecule has 0 saturated carbocycles. The molecule has 0 heterocycles. The molecule has 2 rings (SSSR count). The number of benzene rings is 1. The van der Waals surface area contributed by atoms with Crippen molar-refractivity contribution in [2.24, 2.45) is 0 Å². The number of aryl methyl sites for hydroxylation is 1. The number of hydrogen-bond donors (Lipinski definition) is 0. The zero-order valence-corrected chi connectivity index (χ0v) is 14.0. The van der Waals surface area contributed by atoms with Gasteiger partial charge in [-0.2, -0.15) is 0 Å². The van der Waals surface area contributed by atoms with Crippen molar-refractivity contribution in [1.82, 2.24) is 0 Å². The van der Waals surface area contributed by atoms with Crippen molar-refractivity contribution in [3.8, 4) is 11.8 Å². The third kappa shape index (κ3) is 3.70. The standard InChI is InChI=1S/C20H21ClO/c1-3-5-6-7-8-11-16(19(22)4-2)17-14-13-15-10-9-12-18(21)20(15)17/h8-12H,3-4,7,13-14H2,1-2H3/b11-8+,17-16+. The van der Waals surface area contributed by atoms with Gasteiger partial charge >= 0.3 is 0 Å². The lowest BCUT2D eigenvalue weighted by Gasteiger charge is -2.09. The fourth-order valence-corrected chi connectivity index (χ4v) is 3.06. The van der Waals surface area contributed by atoms with Gasteiger partial charge in [-0.05, 0) is 30.0 Å². The van der Waals surface area contributed by atoms with Gasteiger partial charge in [0.1, 0.15) is 0 Å². The molecule has 114 valence electrons. The predicted octanol–water partition coefficient (Wildman–Crippen LogP) is 5.38. The minimum absolute atomic E-state index is 0.169. The topological polar surface area (TPSA) is 17.1 Å². The van der Waals surface area contributed by atoms with Crippen molar-refractivity contribution in [3.05, 3.63) is 52.1 Å². The van der Waals surface area contributed by atoms with Crippen molar-refractivity contribution >= 4 is 23.0 Å². The number of allylic oxidation sites excluding steroid dienone is 4. The summed E-state index contributed by atoms with van der Waals surface area (Å²) in [5.41, 5.74) is 4.19. The van der Waals surface area contributed by atoms with Gasteiger partial charge in [0.25, 0.3) is 0 Å². The van der Waals surface area contributed by atoms with E-state index in [0.29, 0.717) is 12.8 Å². The first-order chi connectivity index (χ1) is 10.7. The molecule has 1 aromatic rings. The fraction of sp³-hybridized carbons (Fsp3) is 0.350. The van der Waals surface area contributed by atoms with E-state index in [0.717, 1.165) is 41.0 Å². The second-order valence-corrected chi connectivity index (χ2v) is 5.66. The van der Waals surface area contributed by atoms with Crippen molar-refractivity contribution in [2.45, 2.75) is 46.0 Å². The van der Waals surface area contributed by atoms with Gasteiger partial charge in [-0.15, -0.1) is 5.92 Å². The normalized spacial score (nSPS) is 15.4. The van der Waals surface area contributed by atoms with E-state index < -0.39 is 0 Å². The molecule has 0 atom stereocenters. The summed E-state index contributed by atoms with van der Waals surface area (Å²) in [5.74, 6) is 6.28. The Labute approximate surface area is 138 Å². The lowest BCUT2D eigenvalue weighted by molar-refractivity contribution is -0.114. The monoisotopic (exact) mass is 312 g/mol. The summed E-state index contributed by atoms with van der Waals surface area (Å²) in [6.45, 7) is 3.93. The molecule has 22 heavy (non-hydrogen) atoms. The zero-order valence-electron chi connectivity index (χ0n) is 13.2. The zero-order chi connectivity index (χ0) is 15.9. The van der Waals surface area contributed by atoms with Crippen LogP contribution in [0.25, 0.3) is 5.57 Å². The summed E-state index contributed by atoms with van der Waals surface area (Å²) in [7, 11) is 0. The van der Waals surface area contributed by atoms with Crippen LogP contribution in [0.1, 0.15) is 50.7 Å². The molecular weight excluding hydrogens is 292 g/mol. The Bertz CT molecular complexity index is 683. The Balaban J connectivity index is 2.41. The van der Waals surface area contributed by atoms with Gasteiger partial charge in [0.15, 0.2) is 5.78 Å². The van der Waals surface area contributed by atoms with E-state index in [-0.39, 0.29) is 5.78 Å². The van der Waals surface area contributed by atoms with E-state index in [1.165, 1.54) is 5.56 Å². The van der Waals surface area contributed by atoms with Crippen molar-refractivity contribution in [1.29, 1.82) is 0 Å². The average molecular weight is 313 g/mol. The Kier molecular flexibility index (Phi) is 6.04. The highest BCUT2D eigenvalue weighted by atomic mass is 35.5. The number of rotatable bonds is 4. The van der Waals surface area contributed by atoms with E-state index in [2.05, 4.69) is 17.9 Å². The summed E-state index contributed by atoms with van der Waals surface area (Å²) >= 11 is 6.37. The maximum Gasteiger partial charge on any atom is 0.162 e. The quantitative estimate of drug-likeness (QED) is 0.539. The number of carbonyl (C=O) groups is 1. The van der Waals surface area contributed by atoms with Crippen LogP contribution in [0.3, 0.4) is 0 Å². The SMILES string of the molecule is CCC#CC/C=C/C(C(=O)CC)=C1/CCc2cccc(Cl)c21. The van der Waals surface area contributed by atoms with E-state index in [1.54, 1.807) is 0 Å². The number of fused-ring (bicyclic) bond motifs is 1. The second kappa shape index (κ2) is 8.01. The Morgan fingerprint density at radius 3 is 2.82 bits per heavy atom. The second-order valence-electron chi connectivity index (χ2n) is 5.26. The Morgan fingerprint density at radius 1 is 1.27 bits per heavy atom. The molecule has 1 nitrogen and oxygen atoms in total. The molecule has 1 aromatic carbocycles. The molecule has 0 aromatic heterocycles. The van der Waals surface area contributed by atoms with Gasteiger partial charge in [-0.3, -0.25) is 4.79 Å². The number of halogens is 1. The summed E-state index contributed by atoms with van der Waals surface area (Å²) in [6.07, 6.45) is 7.79. The van der Waals surface area contributed by atoms with Gasteiger partial charge in [-0.25, -0.2) is 0 Å². The van der Waals surface area contributed by atoms with Crippen LogP contribution < -0.4 is 0 Å². The lowest BCUT2D eigenvalue weighted by Crippen LogP contribution is -2.01. The molecule has 2 heteroatoms. The molecule has 0 N–H and O–H groups in total. The van der Waals surface area contributed by atoms with Crippen LogP contribution in [-0.2, 0) is 11.2 Å². The van der Waals surface area contributed by atoms with Crippen LogP contribution in [0, 0.1) is 11.8 Å². The van der Waals surface area contributed by atoms with Gasteiger partial charge in [0.05, 0.1) is 0 Å². The molecule has 0 unspecified atom stereocenters. The predicted molar refractivity (Wildman–Crippen MR) is 93.8 cm³/mol. The fourth-order valence-electron chi connectivity index (χ4n) is 2.75. The minimum Gasteiger partial charge on any atom is -0.294 e. The van der Waals surface area contributed by atoms with E-state index in [9.17, 15) is 4.79 Å². The maximum absolute atomic E-state index is 12.4. The number of Topliss-reactive ketones (excluding diaryl/α,β-unsaturated/α-hetero) is 1. The number of ketones is 1. The van der Waals surface area contributed by atoms with E-state index in [4.69, 9.17) is 11.6 Å². The van der Waals surface area contributed by atoms with E-state index in [1.807, 2.05) is 38.1 Å². The molecule has 1 aliphatic carbocycles. The molecule has 0 spiro atoms. The van der Waals surface area contributed by atoms with Crippen molar-refractivity contribution in [2.75, 3.05) is 0 Å². The lowest BCUT2D eigenvalue weighted by atomic mass is 9.96. The Morgan fingerprint density at radius 2 is 2.09 bits per heavy atom. The summed E-state index contributed by atoms with van der Waals surface area (Å²) < 4.78 is 0. The first kappa shape index (κ1) is 16.6. The van der Waals surface area contributed by atoms with Gasteiger partial charge in [0, 0.05) is 35.4 Å². The highest BCUT2D eigenvalue weighted by molar-refractivity contribution is 6.33. The summed E-state index contributed by atoms with van der Waals surface area (Å²) in [6, 6.07) is 5.97.